The number of alkyl halides is 3. The number of H-pyrrole nitrogens is 1. The summed E-state index contributed by atoms with van der Waals surface area (Å²) >= 11 is 0. The number of ether oxygens (including phenoxy) is 1. The number of carbonyl (C=O) groups excluding carboxylic acids is 1. The first-order chi connectivity index (χ1) is 8.86. The smallest absolute Gasteiger partial charge is 0.394 e. The molecule has 2 atom stereocenters. The third-order valence-electron chi connectivity index (χ3n) is 3.06. The quantitative estimate of drug-likeness (QED) is 0.812. The largest absolute Gasteiger partial charge is 0.464 e. The molecule has 0 spiro atoms. The summed E-state index contributed by atoms with van der Waals surface area (Å²) in [4.78, 5) is 23.3. The van der Waals surface area contributed by atoms with E-state index >= 15 is 0 Å². The Hall–Kier alpha value is -1.80. The number of halogens is 3. The van der Waals surface area contributed by atoms with Crippen molar-refractivity contribution in [3.05, 3.63) is 16.3 Å². The molecule has 9 heteroatoms. The maximum absolute atomic E-state index is 13.0. The normalized spacial score (nSPS) is 22.9. The number of fused-ring (bicyclic) bond motifs is 1. The van der Waals surface area contributed by atoms with Gasteiger partial charge in [0.15, 0.2) is 0 Å². The lowest BCUT2D eigenvalue weighted by Crippen LogP contribution is -2.44. The van der Waals surface area contributed by atoms with Gasteiger partial charge in [0.05, 0.1) is 12.5 Å². The van der Waals surface area contributed by atoms with Gasteiger partial charge in [-0.3, -0.25) is 4.57 Å². The molecule has 0 bridgehead atoms. The van der Waals surface area contributed by atoms with E-state index in [9.17, 15) is 22.8 Å². The van der Waals surface area contributed by atoms with Gasteiger partial charge in [0, 0.05) is 6.42 Å². The van der Waals surface area contributed by atoms with Crippen molar-refractivity contribution >= 4 is 5.97 Å². The van der Waals surface area contributed by atoms with E-state index in [1.165, 1.54) is 6.92 Å². The van der Waals surface area contributed by atoms with Crippen LogP contribution in [0.3, 0.4) is 0 Å². The molecule has 0 fully saturated rings. The van der Waals surface area contributed by atoms with Crippen molar-refractivity contribution in [1.29, 1.82) is 0 Å². The molecule has 0 unspecified atom stereocenters. The highest BCUT2D eigenvalue weighted by Gasteiger charge is 2.51. The van der Waals surface area contributed by atoms with E-state index in [4.69, 9.17) is 0 Å². The Balaban J connectivity index is 2.48. The summed E-state index contributed by atoms with van der Waals surface area (Å²) in [5, 5.41) is 5.68. The highest BCUT2D eigenvalue weighted by molar-refractivity contribution is 5.75. The number of rotatable bonds is 2. The minimum Gasteiger partial charge on any atom is -0.464 e. The van der Waals surface area contributed by atoms with Crippen LogP contribution in [0.15, 0.2) is 4.79 Å². The highest BCUT2D eigenvalue weighted by Crippen LogP contribution is 2.40. The van der Waals surface area contributed by atoms with Crippen LogP contribution in [0.4, 0.5) is 13.2 Å². The molecule has 2 heterocycles. The molecule has 19 heavy (non-hydrogen) atoms. The van der Waals surface area contributed by atoms with Crippen molar-refractivity contribution in [3.8, 4) is 0 Å². The van der Waals surface area contributed by atoms with Gasteiger partial charge in [-0.15, -0.1) is 0 Å². The Morgan fingerprint density at radius 3 is 2.84 bits per heavy atom. The number of hydrogen-bond acceptors (Lipinski definition) is 4. The Morgan fingerprint density at radius 1 is 1.58 bits per heavy atom. The maximum Gasteiger partial charge on any atom is 0.394 e. The average Bonchev–Trinajstić information content (AvgIpc) is 2.69. The Bertz CT molecular complexity index is 534. The highest BCUT2D eigenvalue weighted by atomic mass is 19.4. The van der Waals surface area contributed by atoms with Crippen LogP contribution < -0.4 is 5.69 Å². The summed E-state index contributed by atoms with van der Waals surface area (Å²) in [7, 11) is 0. The number of hydrogen-bond donors (Lipinski definition) is 1. The van der Waals surface area contributed by atoms with E-state index < -0.39 is 29.8 Å². The lowest BCUT2D eigenvalue weighted by atomic mass is 9.90. The van der Waals surface area contributed by atoms with Crippen LogP contribution in [0.2, 0.25) is 0 Å². The van der Waals surface area contributed by atoms with Gasteiger partial charge in [0.1, 0.15) is 11.9 Å². The van der Waals surface area contributed by atoms with Gasteiger partial charge in [-0.2, -0.15) is 18.3 Å². The van der Waals surface area contributed by atoms with E-state index in [1.54, 1.807) is 0 Å². The third kappa shape index (κ3) is 2.36. The van der Waals surface area contributed by atoms with Gasteiger partial charge in [-0.1, -0.05) is 0 Å². The van der Waals surface area contributed by atoms with Crippen LogP contribution in [0.25, 0.3) is 0 Å². The fourth-order valence-electron chi connectivity index (χ4n) is 2.26. The zero-order valence-corrected chi connectivity index (χ0v) is 10.0. The van der Waals surface area contributed by atoms with Crippen LogP contribution in [0, 0.1) is 5.92 Å². The molecule has 0 aromatic carbocycles. The first-order valence-corrected chi connectivity index (χ1v) is 5.75. The van der Waals surface area contributed by atoms with Crippen molar-refractivity contribution in [1.82, 2.24) is 14.8 Å². The number of aromatic amines is 1. The predicted molar refractivity (Wildman–Crippen MR) is 56.4 cm³/mol. The number of nitrogens with one attached hydrogen (secondary N) is 1. The lowest BCUT2D eigenvalue weighted by Gasteiger charge is -2.31. The van der Waals surface area contributed by atoms with Gasteiger partial charge in [-0.25, -0.2) is 14.7 Å². The number of esters is 1. The Kier molecular flexibility index (Phi) is 3.38. The van der Waals surface area contributed by atoms with Gasteiger partial charge in [0.2, 0.25) is 0 Å². The zero-order valence-electron chi connectivity index (χ0n) is 10.0. The SMILES string of the molecule is CCOC(=O)[C@H]1[C@H](C(F)(F)F)CCc2n[nH]c(=O)n21. The van der Waals surface area contributed by atoms with Crippen molar-refractivity contribution in [3.63, 3.8) is 0 Å². The lowest BCUT2D eigenvalue weighted by molar-refractivity contribution is -0.200. The van der Waals surface area contributed by atoms with Crippen LogP contribution in [0.5, 0.6) is 0 Å². The van der Waals surface area contributed by atoms with Crippen LogP contribution in [0.1, 0.15) is 25.2 Å². The summed E-state index contributed by atoms with van der Waals surface area (Å²) in [6.07, 6.45) is -4.89. The topological polar surface area (TPSA) is 77.0 Å². The first kappa shape index (κ1) is 13.6. The molecule has 2 rings (SSSR count). The van der Waals surface area contributed by atoms with E-state index in [1.807, 2.05) is 0 Å². The molecule has 0 saturated carbocycles. The fourth-order valence-corrected chi connectivity index (χ4v) is 2.26. The predicted octanol–water partition coefficient (Wildman–Crippen LogP) is 0.800. The standard InChI is InChI=1S/C10H12F3N3O3/c1-2-19-8(17)7-5(10(11,12)13)3-4-6-14-15-9(18)16(6)7/h5,7H,2-4H2,1H3,(H,15,18)/t5-,7-/m1/s1. The minimum absolute atomic E-state index is 0.0151. The summed E-state index contributed by atoms with van der Waals surface area (Å²) < 4.78 is 44.3. The summed E-state index contributed by atoms with van der Waals surface area (Å²) in [6, 6.07) is -1.70. The van der Waals surface area contributed by atoms with Crippen molar-refractivity contribution in [2.45, 2.75) is 32.0 Å². The average molecular weight is 279 g/mol. The molecular formula is C10H12F3N3O3. The Morgan fingerprint density at radius 2 is 2.26 bits per heavy atom. The van der Waals surface area contributed by atoms with E-state index in [0.717, 1.165) is 4.57 Å². The van der Waals surface area contributed by atoms with Gasteiger partial charge < -0.3 is 4.74 Å². The molecule has 0 saturated heterocycles. The zero-order chi connectivity index (χ0) is 14.2. The molecule has 6 nitrogen and oxygen atoms in total. The molecular weight excluding hydrogens is 267 g/mol. The second-order valence-corrected chi connectivity index (χ2v) is 4.20. The van der Waals surface area contributed by atoms with Gasteiger partial charge in [0.25, 0.3) is 0 Å². The molecule has 1 aromatic heterocycles. The van der Waals surface area contributed by atoms with Crippen LogP contribution in [-0.2, 0) is 16.0 Å². The maximum atomic E-state index is 13.0. The molecule has 0 radical (unpaired) electrons. The molecule has 0 aliphatic carbocycles. The molecule has 1 N–H and O–H groups in total. The Labute approximate surface area is 105 Å². The third-order valence-corrected chi connectivity index (χ3v) is 3.06. The molecule has 1 aliphatic rings. The fraction of sp³-hybridized carbons (Fsp3) is 0.700. The van der Waals surface area contributed by atoms with Crippen molar-refractivity contribution in [2.24, 2.45) is 5.92 Å². The van der Waals surface area contributed by atoms with Crippen molar-refractivity contribution in [2.75, 3.05) is 6.61 Å². The van der Waals surface area contributed by atoms with E-state index in [-0.39, 0.29) is 25.3 Å². The second-order valence-electron chi connectivity index (χ2n) is 4.20. The molecule has 1 aromatic rings. The molecule has 1 aliphatic heterocycles. The summed E-state index contributed by atoms with van der Waals surface area (Å²) in [5.41, 5.74) is -0.831. The van der Waals surface area contributed by atoms with Gasteiger partial charge in [-0.05, 0) is 13.3 Å². The van der Waals surface area contributed by atoms with E-state index in [2.05, 4.69) is 14.9 Å². The molecule has 0 amide bonds. The number of aromatic nitrogens is 3. The van der Waals surface area contributed by atoms with E-state index in [0.29, 0.717) is 0 Å². The summed E-state index contributed by atoms with van der Waals surface area (Å²) in [6.45, 7) is 1.43. The summed E-state index contributed by atoms with van der Waals surface area (Å²) in [5.74, 6) is -2.85. The van der Waals surface area contributed by atoms with Crippen molar-refractivity contribution < 1.29 is 22.7 Å². The number of carbonyl (C=O) groups is 1. The number of aryl methyl sites for hydroxylation is 1. The van der Waals surface area contributed by atoms with Crippen LogP contribution >= 0.6 is 0 Å². The van der Waals surface area contributed by atoms with Gasteiger partial charge >= 0.3 is 17.8 Å². The minimum atomic E-state index is -4.58. The number of nitrogens with zero attached hydrogens (tertiary/aromatic N) is 2. The molecule has 106 valence electrons. The van der Waals surface area contributed by atoms with Crippen LogP contribution in [-0.4, -0.2) is 33.5 Å². The second kappa shape index (κ2) is 4.71. The monoisotopic (exact) mass is 279 g/mol. The first-order valence-electron chi connectivity index (χ1n) is 5.75.